The zero-order chi connectivity index (χ0) is 13.9. The van der Waals surface area contributed by atoms with Crippen molar-refractivity contribution >= 4 is 17.6 Å². The van der Waals surface area contributed by atoms with Crippen molar-refractivity contribution in [2.45, 2.75) is 20.3 Å². The summed E-state index contributed by atoms with van der Waals surface area (Å²) in [6.45, 7) is 6.50. The molecular weight excluding hydrogens is 248 g/mol. The molecule has 104 valence electrons. The molecule has 1 aliphatic rings. The lowest BCUT2D eigenvalue weighted by Gasteiger charge is -2.28. The Morgan fingerprint density at radius 1 is 1.30 bits per heavy atom. The SMILES string of the molecule is CC(C)CCN1CC=Nc2ccc(-n3ccnc3)cc21. The number of anilines is 1. The van der Waals surface area contributed by atoms with E-state index in [1.807, 2.05) is 23.3 Å². The summed E-state index contributed by atoms with van der Waals surface area (Å²) < 4.78 is 2.03. The van der Waals surface area contributed by atoms with Crippen LogP contribution in [0.4, 0.5) is 11.4 Å². The molecule has 0 spiro atoms. The molecule has 20 heavy (non-hydrogen) atoms. The Hall–Kier alpha value is -2.10. The van der Waals surface area contributed by atoms with Crippen molar-refractivity contribution in [2.75, 3.05) is 18.0 Å². The van der Waals surface area contributed by atoms with E-state index in [-0.39, 0.29) is 0 Å². The van der Waals surface area contributed by atoms with Crippen LogP contribution in [-0.4, -0.2) is 28.9 Å². The second-order valence-corrected chi connectivity index (χ2v) is 5.58. The highest BCUT2D eigenvalue weighted by Crippen LogP contribution is 2.33. The molecule has 0 fully saturated rings. The number of hydrogen-bond acceptors (Lipinski definition) is 3. The van der Waals surface area contributed by atoms with Gasteiger partial charge in [0.2, 0.25) is 0 Å². The van der Waals surface area contributed by atoms with Crippen molar-refractivity contribution in [3.63, 3.8) is 0 Å². The van der Waals surface area contributed by atoms with Gasteiger partial charge in [0, 0.05) is 30.8 Å². The molecule has 0 radical (unpaired) electrons. The van der Waals surface area contributed by atoms with Crippen LogP contribution in [0.5, 0.6) is 0 Å². The van der Waals surface area contributed by atoms with Crippen molar-refractivity contribution in [3.05, 3.63) is 36.9 Å². The van der Waals surface area contributed by atoms with E-state index < -0.39 is 0 Å². The first-order chi connectivity index (χ1) is 9.74. The molecular formula is C16H20N4. The first-order valence-corrected chi connectivity index (χ1v) is 7.14. The van der Waals surface area contributed by atoms with Crippen LogP contribution < -0.4 is 4.90 Å². The number of aromatic nitrogens is 2. The second kappa shape index (κ2) is 5.49. The third-order valence-corrected chi connectivity index (χ3v) is 3.61. The van der Waals surface area contributed by atoms with Crippen LogP contribution in [0.25, 0.3) is 5.69 Å². The minimum atomic E-state index is 0.717. The average molecular weight is 268 g/mol. The first-order valence-electron chi connectivity index (χ1n) is 7.14. The molecule has 1 aliphatic heterocycles. The van der Waals surface area contributed by atoms with Gasteiger partial charge in [0.1, 0.15) is 0 Å². The standard InChI is InChI=1S/C16H20N4/c1-13(2)5-8-19-10-7-18-15-4-3-14(11-16(15)19)20-9-6-17-12-20/h3-4,6-7,9,11-13H,5,8,10H2,1-2H3. The Balaban J connectivity index is 1.90. The molecule has 0 saturated carbocycles. The largest absolute Gasteiger partial charge is 0.364 e. The van der Waals surface area contributed by atoms with Crippen LogP contribution in [0.2, 0.25) is 0 Å². The van der Waals surface area contributed by atoms with Crippen molar-refractivity contribution in [3.8, 4) is 5.69 Å². The summed E-state index contributed by atoms with van der Waals surface area (Å²) in [6, 6.07) is 6.38. The van der Waals surface area contributed by atoms with Crippen molar-refractivity contribution < 1.29 is 0 Å². The zero-order valence-electron chi connectivity index (χ0n) is 12.0. The second-order valence-electron chi connectivity index (χ2n) is 5.58. The highest BCUT2D eigenvalue weighted by Gasteiger charge is 2.15. The summed E-state index contributed by atoms with van der Waals surface area (Å²) in [7, 11) is 0. The Labute approximate surface area is 119 Å². The molecule has 4 heteroatoms. The number of aliphatic imine (C=N–C) groups is 1. The van der Waals surface area contributed by atoms with Crippen LogP contribution in [-0.2, 0) is 0 Å². The number of hydrogen-bond donors (Lipinski definition) is 0. The Morgan fingerprint density at radius 2 is 2.20 bits per heavy atom. The monoisotopic (exact) mass is 268 g/mol. The van der Waals surface area contributed by atoms with E-state index in [0.29, 0.717) is 5.92 Å². The fourth-order valence-electron chi connectivity index (χ4n) is 2.41. The number of benzene rings is 1. The van der Waals surface area contributed by atoms with E-state index in [0.717, 1.165) is 24.5 Å². The predicted octanol–water partition coefficient (Wildman–Crippen LogP) is 3.44. The van der Waals surface area contributed by atoms with Gasteiger partial charge in [0.05, 0.1) is 24.2 Å². The fraction of sp³-hybridized carbons (Fsp3) is 0.375. The minimum absolute atomic E-state index is 0.717. The van der Waals surface area contributed by atoms with Gasteiger partial charge in [-0.3, -0.25) is 4.99 Å². The summed E-state index contributed by atoms with van der Waals surface area (Å²) in [5.41, 5.74) is 3.41. The molecule has 3 rings (SSSR count). The molecule has 0 saturated heterocycles. The van der Waals surface area contributed by atoms with Gasteiger partial charge in [0.15, 0.2) is 0 Å². The van der Waals surface area contributed by atoms with E-state index in [2.05, 4.69) is 46.9 Å². The number of nitrogens with zero attached hydrogens (tertiary/aromatic N) is 4. The molecule has 2 heterocycles. The number of rotatable bonds is 4. The molecule has 0 unspecified atom stereocenters. The van der Waals surface area contributed by atoms with Crippen LogP contribution in [0.15, 0.2) is 41.9 Å². The van der Waals surface area contributed by atoms with Gasteiger partial charge in [0.25, 0.3) is 0 Å². The van der Waals surface area contributed by atoms with Gasteiger partial charge in [-0.05, 0) is 30.5 Å². The maximum atomic E-state index is 4.50. The predicted molar refractivity (Wildman–Crippen MR) is 83.4 cm³/mol. The molecule has 0 amide bonds. The van der Waals surface area contributed by atoms with Gasteiger partial charge in [-0.1, -0.05) is 13.8 Å². The lowest BCUT2D eigenvalue weighted by molar-refractivity contribution is 0.581. The van der Waals surface area contributed by atoms with Gasteiger partial charge in [-0.25, -0.2) is 4.98 Å². The lowest BCUT2D eigenvalue weighted by atomic mass is 10.1. The van der Waals surface area contributed by atoms with Gasteiger partial charge >= 0.3 is 0 Å². The molecule has 2 aromatic rings. The van der Waals surface area contributed by atoms with Crippen molar-refractivity contribution in [1.29, 1.82) is 0 Å². The zero-order valence-corrected chi connectivity index (χ0v) is 12.0. The van der Waals surface area contributed by atoms with E-state index >= 15 is 0 Å². The average Bonchev–Trinajstić information content (AvgIpc) is 2.98. The van der Waals surface area contributed by atoms with E-state index in [4.69, 9.17) is 0 Å². The Kier molecular flexibility index (Phi) is 3.54. The molecule has 0 N–H and O–H groups in total. The van der Waals surface area contributed by atoms with E-state index in [1.165, 1.54) is 12.1 Å². The summed E-state index contributed by atoms with van der Waals surface area (Å²) in [5.74, 6) is 0.717. The Bertz CT molecular complexity index is 599. The number of fused-ring (bicyclic) bond motifs is 1. The lowest BCUT2D eigenvalue weighted by Crippen LogP contribution is -2.29. The number of imidazole rings is 1. The quantitative estimate of drug-likeness (QED) is 0.851. The topological polar surface area (TPSA) is 33.4 Å². The molecule has 1 aromatic heterocycles. The summed E-state index contributed by atoms with van der Waals surface area (Å²) in [6.07, 6.45) is 8.79. The molecule has 0 bridgehead atoms. The highest BCUT2D eigenvalue weighted by atomic mass is 15.2. The summed E-state index contributed by atoms with van der Waals surface area (Å²) >= 11 is 0. The van der Waals surface area contributed by atoms with Gasteiger partial charge < -0.3 is 9.47 Å². The van der Waals surface area contributed by atoms with Crippen LogP contribution in [0, 0.1) is 5.92 Å². The van der Waals surface area contributed by atoms with Crippen molar-refractivity contribution in [2.24, 2.45) is 10.9 Å². The van der Waals surface area contributed by atoms with Crippen molar-refractivity contribution in [1.82, 2.24) is 9.55 Å². The van der Waals surface area contributed by atoms with Crippen LogP contribution >= 0.6 is 0 Å². The molecule has 0 atom stereocenters. The Morgan fingerprint density at radius 3 is 2.95 bits per heavy atom. The van der Waals surface area contributed by atoms with E-state index in [9.17, 15) is 0 Å². The fourth-order valence-corrected chi connectivity index (χ4v) is 2.41. The smallest absolute Gasteiger partial charge is 0.0991 e. The minimum Gasteiger partial charge on any atom is -0.364 e. The molecule has 4 nitrogen and oxygen atoms in total. The van der Waals surface area contributed by atoms with Gasteiger partial charge in [-0.15, -0.1) is 0 Å². The summed E-state index contributed by atoms with van der Waals surface area (Å²) in [5, 5.41) is 0. The molecule has 0 aliphatic carbocycles. The maximum Gasteiger partial charge on any atom is 0.0991 e. The van der Waals surface area contributed by atoms with Gasteiger partial charge in [-0.2, -0.15) is 0 Å². The van der Waals surface area contributed by atoms with Crippen LogP contribution in [0.3, 0.4) is 0 Å². The maximum absolute atomic E-state index is 4.50. The summed E-state index contributed by atoms with van der Waals surface area (Å²) in [4.78, 5) is 11.0. The third-order valence-electron chi connectivity index (χ3n) is 3.61. The van der Waals surface area contributed by atoms with Crippen LogP contribution in [0.1, 0.15) is 20.3 Å². The highest BCUT2D eigenvalue weighted by molar-refractivity contribution is 5.82. The molecule has 1 aromatic carbocycles. The van der Waals surface area contributed by atoms with E-state index in [1.54, 1.807) is 6.20 Å². The first kappa shape index (κ1) is 12.9. The normalized spacial score (nSPS) is 13.8. The third kappa shape index (κ3) is 2.59.